The first-order chi connectivity index (χ1) is 9.25. The number of aromatic nitrogens is 1. The molecule has 2 aromatic rings. The van der Waals surface area contributed by atoms with Crippen molar-refractivity contribution in [2.45, 2.75) is 39.2 Å². The van der Waals surface area contributed by atoms with Gasteiger partial charge in [-0.2, -0.15) is 0 Å². The minimum atomic E-state index is 0.485. The summed E-state index contributed by atoms with van der Waals surface area (Å²) >= 11 is 0. The molecule has 19 heavy (non-hydrogen) atoms. The molecule has 1 N–H and O–H groups in total. The van der Waals surface area contributed by atoms with E-state index in [4.69, 9.17) is 4.99 Å². The second-order valence-corrected chi connectivity index (χ2v) is 5.94. The fourth-order valence-corrected chi connectivity index (χ4v) is 3.34. The molecule has 0 aliphatic heterocycles. The highest BCUT2D eigenvalue weighted by Gasteiger charge is 2.26. The lowest BCUT2D eigenvalue weighted by Crippen LogP contribution is -2.28. The van der Waals surface area contributed by atoms with E-state index in [0.717, 1.165) is 0 Å². The molecule has 0 spiro atoms. The zero-order valence-electron chi connectivity index (χ0n) is 11.8. The molecule has 1 saturated carbocycles. The fourth-order valence-electron chi connectivity index (χ4n) is 3.34. The molecule has 1 heterocycles. The molecular weight excluding hydrogens is 232 g/mol. The van der Waals surface area contributed by atoms with Crippen LogP contribution < -0.4 is 0 Å². The molecule has 2 nitrogen and oxygen atoms in total. The van der Waals surface area contributed by atoms with Crippen molar-refractivity contribution in [2.75, 3.05) is 0 Å². The van der Waals surface area contributed by atoms with E-state index < -0.39 is 0 Å². The van der Waals surface area contributed by atoms with Crippen LogP contribution in [-0.2, 0) is 0 Å². The Labute approximate surface area is 114 Å². The van der Waals surface area contributed by atoms with Crippen LogP contribution in [0.2, 0.25) is 0 Å². The standard InChI is InChI=1S/C17H22N2/c1-12-5-3-6-13(2)16(12)19-11-15-8-4-7-14-9-10-18-17(14)15/h4,7-13,16,18H,3,5-6H2,1-2H3/b19-11+. The predicted octanol–water partition coefficient (Wildman–Crippen LogP) is 4.41. The Morgan fingerprint density at radius 3 is 2.74 bits per heavy atom. The zero-order chi connectivity index (χ0) is 13.2. The van der Waals surface area contributed by atoms with E-state index in [2.05, 4.69) is 49.3 Å². The van der Waals surface area contributed by atoms with Crippen LogP contribution in [0.3, 0.4) is 0 Å². The van der Waals surface area contributed by atoms with Crippen LogP contribution in [0.5, 0.6) is 0 Å². The van der Waals surface area contributed by atoms with Crippen molar-refractivity contribution in [1.82, 2.24) is 4.98 Å². The number of aromatic amines is 1. The number of hydrogen-bond donors (Lipinski definition) is 1. The molecule has 0 radical (unpaired) electrons. The van der Waals surface area contributed by atoms with Gasteiger partial charge in [-0.3, -0.25) is 4.99 Å². The number of nitrogens with zero attached hydrogens (tertiary/aromatic N) is 1. The van der Waals surface area contributed by atoms with Gasteiger partial charge < -0.3 is 4.98 Å². The lowest BCUT2D eigenvalue weighted by molar-refractivity contribution is 0.253. The van der Waals surface area contributed by atoms with Gasteiger partial charge in [0.05, 0.1) is 11.6 Å². The molecule has 1 aromatic carbocycles. The van der Waals surface area contributed by atoms with Gasteiger partial charge in [-0.05, 0) is 30.7 Å². The Hall–Kier alpha value is -1.57. The van der Waals surface area contributed by atoms with Crippen LogP contribution in [-0.4, -0.2) is 17.2 Å². The summed E-state index contributed by atoms with van der Waals surface area (Å²) in [6, 6.07) is 8.97. The van der Waals surface area contributed by atoms with Crippen molar-refractivity contribution in [3.05, 3.63) is 36.0 Å². The first kappa shape index (κ1) is 12.5. The summed E-state index contributed by atoms with van der Waals surface area (Å²) in [5.74, 6) is 1.42. The number of benzene rings is 1. The van der Waals surface area contributed by atoms with Crippen LogP contribution >= 0.6 is 0 Å². The Kier molecular flexibility index (Phi) is 3.41. The Morgan fingerprint density at radius 2 is 1.95 bits per heavy atom. The van der Waals surface area contributed by atoms with Gasteiger partial charge in [-0.1, -0.05) is 38.5 Å². The minimum absolute atomic E-state index is 0.485. The Bertz CT molecular complexity index is 572. The highest BCUT2D eigenvalue weighted by molar-refractivity contribution is 5.97. The van der Waals surface area contributed by atoms with E-state index in [-0.39, 0.29) is 0 Å². The average Bonchev–Trinajstić information content (AvgIpc) is 2.87. The molecule has 0 amide bonds. The predicted molar refractivity (Wildman–Crippen MR) is 81.9 cm³/mol. The van der Waals surface area contributed by atoms with Crippen molar-refractivity contribution < 1.29 is 0 Å². The summed E-state index contributed by atoms with van der Waals surface area (Å²) in [6.45, 7) is 4.68. The topological polar surface area (TPSA) is 28.1 Å². The molecule has 0 bridgehead atoms. The van der Waals surface area contributed by atoms with Crippen LogP contribution in [0, 0.1) is 11.8 Å². The summed E-state index contributed by atoms with van der Waals surface area (Å²) < 4.78 is 0. The quantitative estimate of drug-likeness (QED) is 0.769. The normalized spacial score (nSPS) is 28.2. The van der Waals surface area contributed by atoms with Crippen LogP contribution in [0.25, 0.3) is 10.9 Å². The molecule has 2 unspecified atom stereocenters. The molecule has 1 aliphatic carbocycles. The van der Waals surface area contributed by atoms with Gasteiger partial charge >= 0.3 is 0 Å². The number of rotatable bonds is 2. The Balaban J connectivity index is 1.87. The first-order valence-corrected chi connectivity index (χ1v) is 7.35. The third-order valence-corrected chi connectivity index (χ3v) is 4.49. The van der Waals surface area contributed by atoms with E-state index in [1.54, 1.807) is 0 Å². The number of aliphatic imine (C=N–C) groups is 1. The van der Waals surface area contributed by atoms with Gasteiger partial charge in [-0.15, -0.1) is 0 Å². The molecule has 1 aliphatic rings. The molecular formula is C17H22N2. The lowest BCUT2D eigenvalue weighted by Gasteiger charge is -2.31. The van der Waals surface area contributed by atoms with E-state index in [0.29, 0.717) is 17.9 Å². The van der Waals surface area contributed by atoms with Gasteiger partial charge in [0.1, 0.15) is 0 Å². The van der Waals surface area contributed by atoms with Gasteiger partial charge in [0.2, 0.25) is 0 Å². The van der Waals surface area contributed by atoms with Gasteiger partial charge in [0.25, 0.3) is 0 Å². The summed E-state index contributed by atoms with van der Waals surface area (Å²) in [4.78, 5) is 8.21. The smallest absolute Gasteiger partial charge is 0.0550 e. The maximum Gasteiger partial charge on any atom is 0.0550 e. The van der Waals surface area contributed by atoms with E-state index in [9.17, 15) is 0 Å². The van der Waals surface area contributed by atoms with Crippen molar-refractivity contribution in [2.24, 2.45) is 16.8 Å². The molecule has 2 atom stereocenters. The monoisotopic (exact) mass is 254 g/mol. The van der Waals surface area contributed by atoms with Gasteiger partial charge in [-0.25, -0.2) is 0 Å². The molecule has 0 saturated heterocycles. The van der Waals surface area contributed by atoms with Crippen molar-refractivity contribution >= 4 is 17.1 Å². The molecule has 3 rings (SSSR count). The second kappa shape index (κ2) is 5.20. The zero-order valence-corrected chi connectivity index (χ0v) is 11.8. The highest BCUT2D eigenvalue weighted by atomic mass is 14.8. The summed E-state index contributed by atoms with van der Waals surface area (Å²) in [5.41, 5.74) is 2.40. The molecule has 100 valence electrons. The third kappa shape index (κ3) is 2.44. The lowest BCUT2D eigenvalue weighted by atomic mass is 9.79. The first-order valence-electron chi connectivity index (χ1n) is 7.35. The summed E-state index contributed by atoms with van der Waals surface area (Å²) in [5, 5.41) is 1.26. The maximum atomic E-state index is 4.90. The second-order valence-electron chi connectivity index (χ2n) is 5.94. The molecule has 1 aromatic heterocycles. The van der Waals surface area contributed by atoms with Crippen LogP contribution in [0.1, 0.15) is 38.7 Å². The average molecular weight is 254 g/mol. The number of hydrogen-bond acceptors (Lipinski definition) is 1. The van der Waals surface area contributed by atoms with Crippen molar-refractivity contribution in [3.63, 3.8) is 0 Å². The maximum absolute atomic E-state index is 4.90. The third-order valence-electron chi connectivity index (χ3n) is 4.49. The molecule has 2 heteroatoms. The van der Waals surface area contributed by atoms with Gasteiger partial charge in [0, 0.05) is 23.4 Å². The number of nitrogens with one attached hydrogen (secondary N) is 1. The molecule has 1 fully saturated rings. The number of fused-ring (bicyclic) bond motifs is 1. The van der Waals surface area contributed by atoms with E-state index in [1.165, 1.54) is 35.7 Å². The Morgan fingerprint density at radius 1 is 1.16 bits per heavy atom. The SMILES string of the molecule is CC1CCCC(C)C1/N=C/c1cccc2cc[nH]c12. The van der Waals surface area contributed by atoms with E-state index >= 15 is 0 Å². The minimum Gasteiger partial charge on any atom is -0.361 e. The van der Waals surface area contributed by atoms with E-state index in [1.807, 2.05) is 6.20 Å². The largest absolute Gasteiger partial charge is 0.361 e. The highest BCUT2D eigenvalue weighted by Crippen LogP contribution is 2.31. The number of para-hydroxylation sites is 1. The van der Waals surface area contributed by atoms with Gasteiger partial charge in [0.15, 0.2) is 0 Å². The van der Waals surface area contributed by atoms with Crippen LogP contribution in [0.15, 0.2) is 35.5 Å². The fraction of sp³-hybridized carbons (Fsp3) is 0.471. The number of H-pyrrole nitrogens is 1. The summed E-state index contributed by atoms with van der Waals surface area (Å²) in [7, 11) is 0. The van der Waals surface area contributed by atoms with Crippen molar-refractivity contribution in [3.8, 4) is 0 Å². The summed E-state index contributed by atoms with van der Waals surface area (Å²) in [6.07, 6.45) is 8.06. The van der Waals surface area contributed by atoms with Crippen molar-refractivity contribution in [1.29, 1.82) is 0 Å². The van der Waals surface area contributed by atoms with Crippen LogP contribution in [0.4, 0.5) is 0 Å².